The molecule has 2 saturated heterocycles. The average Bonchev–Trinajstić information content (AvgIpc) is 3.31. The van der Waals surface area contributed by atoms with Gasteiger partial charge in [0.25, 0.3) is 5.03 Å². The van der Waals surface area contributed by atoms with Crippen LogP contribution >= 0.6 is 11.8 Å². The molecule has 2 fully saturated rings. The van der Waals surface area contributed by atoms with Gasteiger partial charge in [0.2, 0.25) is 0 Å². The van der Waals surface area contributed by atoms with Crippen molar-refractivity contribution in [2.24, 2.45) is 5.92 Å². The van der Waals surface area contributed by atoms with Gasteiger partial charge in [-0.25, -0.2) is 0 Å². The fourth-order valence-corrected chi connectivity index (χ4v) is 7.54. The van der Waals surface area contributed by atoms with Crippen LogP contribution in [-0.4, -0.2) is 90.2 Å². The molecule has 0 amide bonds. The second-order valence-corrected chi connectivity index (χ2v) is 11.6. The molecule has 36 heavy (non-hydrogen) atoms. The first-order chi connectivity index (χ1) is 17.3. The van der Waals surface area contributed by atoms with Gasteiger partial charge >= 0.3 is 12.1 Å². The summed E-state index contributed by atoms with van der Waals surface area (Å²) < 4.78 is 11.8. The number of piperazine rings is 1. The summed E-state index contributed by atoms with van der Waals surface area (Å²) in [6, 6.07) is 8.05. The van der Waals surface area contributed by atoms with E-state index in [4.69, 9.17) is 9.47 Å². The predicted octanol–water partition coefficient (Wildman–Crippen LogP) is 3.33. The van der Waals surface area contributed by atoms with Gasteiger partial charge in [0.05, 0.1) is 48.3 Å². The van der Waals surface area contributed by atoms with Crippen molar-refractivity contribution in [1.29, 1.82) is 0 Å². The Morgan fingerprint density at radius 3 is 2.75 bits per heavy atom. The third-order valence-corrected chi connectivity index (χ3v) is 9.44. The summed E-state index contributed by atoms with van der Waals surface area (Å²) >= 11 is 1.44. The number of nitroso groups, excluding NO2 is 1. The third kappa shape index (κ3) is 4.21. The van der Waals surface area contributed by atoms with Crippen LogP contribution in [0, 0.1) is 16.0 Å². The zero-order chi connectivity index (χ0) is 25.5. The Balaban J connectivity index is 1.27. The van der Waals surface area contributed by atoms with Gasteiger partial charge in [-0.3, -0.25) is 14.3 Å². The van der Waals surface area contributed by atoms with E-state index in [0.717, 1.165) is 42.4 Å². The molecule has 0 N–H and O–H groups in total. The number of piperidine rings is 1. The summed E-state index contributed by atoms with van der Waals surface area (Å²) in [7, 11) is 1.69. The monoisotopic (exact) mass is 517 g/mol. The second-order valence-electron chi connectivity index (χ2n) is 10.6. The summed E-state index contributed by atoms with van der Waals surface area (Å²) in [6.07, 6.45) is 2.44. The van der Waals surface area contributed by atoms with Crippen LogP contribution in [0.15, 0.2) is 35.4 Å². The summed E-state index contributed by atoms with van der Waals surface area (Å²) in [4.78, 5) is 30.5. The SMILES string of the molecule is COc1ccccc1N1CCN(CCC2[N+](=O)C3=CC4(CS3)C(OC(=O)C(C)C)CCC[N+]24[O-])CC1. The maximum atomic E-state index is 14.6. The van der Waals surface area contributed by atoms with Crippen LogP contribution in [0.2, 0.25) is 0 Å². The van der Waals surface area contributed by atoms with E-state index >= 15 is 0 Å². The third-order valence-electron chi connectivity index (χ3n) is 8.24. The molecule has 1 spiro atoms. The molecule has 4 aliphatic heterocycles. The van der Waals surface area contributed by atoms with Crippen molar-refractivity contribution in [1.82, 2.24) is 4.90 Å². The topological polar surface area (TPSA) is 85.1 Å². The number of benzene rings is 1. The number of thioether (sulfide) groups is 1. The lowest BCUT2D eigenvalue weighted by Gasteiger charge is -2.59. The Morgan fingerprint density at radius 2 is 2.03 bits per heavy atom. The maximum Gasteiger partial charge on any atom is 0.335 e. The molecule has 4 unspecified atom stereocenters. The quantitative estimate of drug-likeness (QED) is 0.236. The predicted molar refractivity (Wildman–Crippen MR) is 139 cm³/mol. The summed E-state index contributed by atoms with van der Waals surface area (Å²) in [5.41, 5.74) is 0.233. The number of carbonyl (C=O) groups excluding carboxylic acids is 1. The summed E-state index contributed by atoms with van der Waals surface area (Å²) in [5, 5.41) is 15.2. The van der Waals surface area contributed by atoms with E-state index in [0.29, 0.717) is 43.1 Å². The highest BCUT2D eigenvalue weighted by Crippen LogP contribution is 2.53. The van der Waals surface area contributed by atoms with E-state index in [-0.39, 0.29) is 11.9 Å². The number of hydroxylamine groups is 3. The number of hydrogen-bond donors (Lipinski definition) is 0. The summed E-state index contributed by atoms with van der Waals surface area (Å²) in [5.74, 6) is 0.842. The fraction of sp³-hybridized carbons (Fsp3) is 0.654. The molecule has 4 atom stereocenters. The second kappa shape index (κ2) is 9.96. The number of quaternary nitrogens is 1. The Kier molecular flexibility index (Phi) is 7.06. The van der Waals surface area contributed by atoms with Crippen molar-refractivity contribution >= 4 is 23.4 Å². The number of hydrogen-bond acceptors (Lipinski definition) is 8. The van der Waals surface area contributed by atoms with Crippen molar-refractivity contribution in [3.8, 4) is 5.75 Å². The Morgan fingerprint density at radius 1 is 1.28 bits per heavy atom. The first kappa shape index (κ1) is 25.5. The van der Waals surface area contributed by atoms with Gasteiger partial charge in [0, 0.05) is 44.1 Å². The van der Waals surface area contributed by atoms with E-state index < -0.39 is 22.5 Å². The Labute approximate surface area is 217 Å². The lowest BCUT2D eigenvalue weighted by Crippen LogP contribution is -2.75. The number of carbonyl (C=O) groups is 1. The molecule has 0 aliphatic carbocycles. The molecule has 1 aromatic carbocycles. The normalized spacial score (nSPS) is 32.3. The van der Waals surface area contributed by atoms with Gasteiger partial charge in [-0.15, -0.1) is 0 Å². The van der Waals surface area contributed by atoms with Crippen LogP contribution in [0.1, 0.15) is 33.1 Å². The minimum Gasteiger partial charge on any atom is -0.627 e. The van der Waals surface area contributed by atoms with Gasteiger partial charge in [-0.05, 0) is 30.3 Å². The van der Waals surface area contributed by atoms with Crippen molar-refractivity contribution in [3.63, 3.8) is 0 Å². The molecule has 0 saturated carbocycles. The minimum absolute atomic E-state index is 0.251. The molecule has 4 heterocycles. The molecule has 196 valence electrons. The molecule has 9 nitrogen and oxygen atoms in total. The van der Waals surface area contributed by atoms with Crippen molar-refractivity contribution in [3.05, 3.63) is 45.5 Å². The van der Waals surface area contributed by atoms with Gasteiger partial charge in [0.1, 0.15) is 5.75 Å². The minimum atomic E-state index is -0.864. The van der Waals surface area contributed by atoms with Gasteiger partial charge in [-0.2, -0.15) is 0 Å². The molecule has 2 bridgehead atoms. The van der Waals surface area contributed by atoms with Crippen molar-refractivity contribution in [2.75, 3.05) is 57.0 Å². The molecule has 0 radical (unpaired) electrons. The summed E-state index contributed by atoms with van der Waals surface area (Å²) in [6.45, 7) is 8.14. The van der Waals surface area contributed by atoms with E-state index in [1.54, 1.807) is 7.11 Å². The molecule has 10 heteroatoms. The van der Waals surface area contributed by atoms with Gasteiger partial charge in [0.15, 0.2) is 11.6 Å². The largest absolute Gasteiger partial charge is 0.627 e. The van der Waals surface area contributed by atoms with Crippen molar-refractivity contribution < 1.29 is 23.7 Å². The van der Waals surface area contributed by atoms with Crippen LogP contribution in [0.3, 0.4) is 0 Å². The number of anilines is 1. The maximum absolute atomic E-state index is 14.6. The molecular formula is C26H37N4O5S+. The molecule has 4 aliphatic rings. The van der Waals surface area contributed by atoms with Gasteiger partial charge in [-0.1, -0.05) is 26.0 Å². The first-order valence-electron chi connectivity index (χ1n) is 13.0. The highest BCUT2D eigenvalue weighted by atomic mass is 32.2. The van der Waals surface area contributed by atoms with E-state index in [1.807, 2.05) is 38.1 Å². The number of esters is 1. The van der Waals surface area contributed by atoms with Crippen LogP contribution in [-0.2, 0) is 9.53 Å². The number of methoxy groups -OCH3 is 1. The number of nitrogens with zero attached hydrogens (tertiary/aromatic N) is 4. The standard InChI is InChI=1S/C26H37N4O5S/c1-19(2)25(31)35-22-9-6-16-30(33)23(29(32)24-17-26(22,30)18-36-24)10-11-27-12-14-28(15-13-27)20-7-4-5-8-21(20)34-3/h4-5,7-8,17,19,22-23H,6,9-16,18H2,1-3H3/q+1. The number of rotatable bonds is 7. The zero-order valence-electron chi connectivity index (χ0n) is 21.4. The molecule has 1 aromatic rings. The highest BCUT2D eigenvalue weighted by Gasteiger charge is 2.69. The lowest BCUT2D eigenvalue weighted by atomic mass is 9.82. The van der Waals surface area contributed by atoms with Crippen molar-refractivity contribution in [2.45, 2.75) is 50.9 Å². The Bertz CT molecular complexity index is 1040. The number of para-hydroxylation sites is 2. The average molecular weight is 518 g/mol. The molecule has 5 rings (SSSR count). The van der Waals surface area contributed by atoms with Gasteiger partial charge < -0.3 is 19.6 Å². The molecular weight excluding hydrogens is 480 g/mol. The van der Waals surface area contributed by atoms with Crippen LogP contribution in [0.5, 0.6) is 5.75 Å². The Hall–Kier alpha value is -2.14. The van der Waals surface area contributed by atoms with E-state index in [2.05, 4.69) is 15.9 Å². The first-order valence-corrected chi connectivity index (χ1v) is 14.0. The van der Waals surface area contributed by atoms with E-state index in [1.165, 1.54) is 11.8 Å². The van der Waals surface area contributed by atoms with Crippen LogP contribution in [0.4, 0.5) is 5.69 Å². The molecule has 0 aromatic heterocycles. The lowest BCUT2D eigenvalue weighted by molar-refractivity contribution is -1.03. The smallest absolute Gasteiger partial charge is 0.335 e. The fourth-order valence-electron chi connectivity index (χ4n) is 6.14. The van der Waals surface area contributed by atoms with Crippen LogP contribution in [0.25, 0.3) is 0 Å². The highest BCUT2D eigenvalue weighted by molar-refractivity contribution is 8.03. The zero-order valence-corrected chi connectivity index (χ0v) is 22.2. The van der Waals surface area contributed by atoms with E-state index in [9.17, 15) is 14.9 Å². The van der Waals surface area contributed by atoms with Crippen LogP contribution < -0.4 is 9.64 Å². The number of ether oxygens (including phenoxy) is 2.